The van der Waals surface area contributed by atoms with Crippen molar-refractivity contribution in [3.63, 3.8) is 0 Å². The predicted molar refractivity (Wildman–Crippen MR) is 74.0 cm³/mol. The Kier molecular flexibility index (Phi) is 5.53. The first kappa shape index (κ1) is 14.9. The maximum absolute atomic E-state index is 12.1. The quantitative estimate of drug-likeness (QED) is 0.734. The summed E-state index contributed by atoms with van der Waals surface area (Å²) in [6.07, 6.45) is 2.66. The number of thiocarbonyl (C=S) groups is 1. The number of likely N-dealkylation sites (tertiary alicyclic amines) is 1. The largest absolute Gasteiger partial charge is 0.393 e. The lowest BCUT2D eigenvalue weighted by Gasteiger charge is -2.24. The summed E-state index contributed by atoms with van der Waals surface area (Å²) >= 11 is 4.87. The number of rotatable bonds is 5. The van der Waals surface area contributed by atoms with E-state index in [9.17, 15) is 9.59 Å². The van der Waals surface area contributed by atoms with Crippen LogP contribution in [0.5, 0.6) is 0 Å². The molecule has 1 aliphatic rings. The molecule has 1 fully saturated rings. The molecule has 5 nitrogen and oxygen atoms in total. The molecule has 0 spiro atoms. The van der Waals surface area contributed by atoms with E-state index in [1.165, 1.54) is 4.90 Å². The molecule has 6 heteroatoms. The van der Waals surface area contributed by atoms with Gasteiger partial charge in [-0.05, 0) is 19.3 Å². The first-order valence-corrected chi connectivity index (χ1v) is 6.70. The maximum atomic E-state index is 12.1. The minimum absolute atomic E-state index is 0.00106. The molecule has 0 aliphatic carbocycles. The van der Waals surface area contributed by atoms with E-state index < -0.39 is 5.92 Å². The van der Waals surface area contributed by atoms with Gasteiger partial charge in [-0.25, -0.2) is 0 Å². The van der Waals surface area contributed by atoms with Crippen LogP contribution in [0.2, 0.25) is 0 Å². The van der Waals surface area contributed by atoms with Gasteiger partial charge in [0.05, 0.1) is 17.5 Å². The zero-order chi connectivity index (χ0) is 13.7. The summed E-state index contributed by atoms with van der Waals surface area (Å²) in [4.78, 5) is 27.4. The number of nitrogens with zero attached hydrogens (tertiary/aromatic N) is 2. The van der Waals surface area contributed by atoms with Crippen LogP contribution in [-0.4, -0.2) is 53.3 Å². The highest BCUT2D eigenvalue weighted by Gasteiger charge is 2.26. The number of hydrogen-bond acceptors (Lipinski definition) is 3. The Bertz CT molecular complexity index is 340. The van der Waals surface area contributed by atoms with Crippen LogP contribution < -0.4 is 5.73 Å². The van der Waals surface area contributed by atoms with E-state index in [4.69, 9.17) is 18.0 Å². The predicted octanol–water partition coefficient (Wildman–Crippen LogP) is 0.380. The molecule has 1 atom stereocenters. The van der Waals surface area contributed by atoms with Crippen molar-refractivity contribution in [3.05, 3.63) is 0 Å². The van der Waals surface area contributed by atoms with Gasteiger partial charge in [0.25, 0.3) is 0 Å². The van der Waals surface area contributed by atoms with Gasteiger partial charge in [0.15, 0.2) is 0 Å². The third-order valence-corrected chi connectivity index (χ3v) is 3.54. The molecule has 1 aliphatic heterocycles. The molecule has 102 valence electrons. The molecule has 2 N–H and O–H groups in total. The third kappa shape index (κ3) is 3.66. The van der Waals surface area contributed by atoms with Gasteiger partial charge in [0.1, 0.15) is 0 Å². The maximum Gasteiger partial charge on any atom is 0.242 e. The van der Waals surface area contributed by atoms with Crippen LogP contribution in [-0.2, 0) is 9.59 Å². The van der Waals surface area contributed by atoms with Crippen molar-refractivity contribution in [1.29, 1.82) is 0 Å². The lowest BCUT2D eigenvalue weighted by atomic mass is 10.1. The summed E-state index contributed by atoms with van der Waals surface area (Å²) in [5, 5.41) is 0. The Hall–Kier alpha value is -1.17. The molecule has 0 saturated carbocycles. The first-order valence-electron chi connectivity index (χ1n) is 6.29. The van der Waals surface area contributed by atoms with Crippen molar-refractivity contribution in [2.45, 2.75) is 26.2 Å². The molecule has 1 heterocycles. The zero-order valence-corrected chi connectivity index (χ0v) is 11.8. The van der Waals surface area contributed by atoms with Gasteiger partial charge in [-0.3, -0.25) is 9.59 Å². The second-order valence-electron chi connectivity index (χ2n) is 4.65. The smallest absolute Gasteiger partial charge is 0.242 e. The van der Waals surface area contributed by atoms with E-state index in [1.807, 2.05) is 6.92 Å². The van der Waals surface area contributed by atoms with E-state index in [1.54, 1.807) is 11.9 Å². The van der Waals surface area contributed by atoms with Gasteiger partial charge in [-0.2, -0.15) is 0 Å². The number of nitrogens with two attached hydrogens (primary N) is 1. The number of hydrogen-bond donors (Lipinski definition) is 1. The minimum atomic E-state index is -0.462. The Morgan fingerprint density at radius 3 is 2.39 bits per heavy atom. The average molecular weight is 271 g/mol. The lowest BCUT2D eigenvalue weighted by Crippen LogP contribution is -2.44. The van der Waals surface area contributed by atoms with Gasteiger partial charge in [0.2, 0.25) is 11.8 Å². The Morgan fingerprint density at radius 2 is 1.94 bits per heavy atom. The summed E-state index contributed by atoms with van der Waals surface area (Å²) in [5.41, 5.74) is 5.53. The van der Waals surface area contributed by atoms with Crippen molar-refractivity contribution in [2.24, 2.45) is 11.7 Å². The van der Waals surface area contributed by atoms with Crippen LogP contribution in [0.1, 0.15) is 26.2 Å². The van der Waals surface area contributed by atoms with Gasteiger partial charge >= 0.3 is 0 Å². The van der Waals surface area contributed by atoms with Crippen molar-refractivity contribution in [2.75, 3.05) is 26.7 Å². The molecular weight excluding hydrogens is 250 g/mol. The molecule has 1 rings (SSSR count). The van der Waals surface area contributed by atoms with Crippen molar-refractivity contribution in [3.8, 4) is 0 Å². The van der Waals surface area contributed by atoms with Gasteiger partial charge in [-0.15, -0.1) is 0 Å². The normalized spacial score (nSPS) is 16.4. The van der Waals surface area contributed by atoms with Gasteiger partial charge in [0, 0.05) is 20.1 Å². The van der Waals surface area contributed by atoms with E-state index >= 15 is 0 Å². The van der Waals surface area contributed by atoms with E-state index in [0.29, 0.717) is 6.42 Å². The molecule has 0 bridgehead atoms. The molecule has 0 aromatic rings. The van der Waals surface area contributed by atoms with Crippen LogP contribution in [0.3, 0.4) is 0 Å². The van der Waals surface area contributed by atoms with E-state index in [2.05, 4.69) is 0 Å². The van der Waals surface area contributed by atoms with Crippen LogP contribution >= 0.6 is 12.2 Å². The van der Waals surface area contributed by atoms with E-state index in [-0.39, 0.29) is 23.3 Å². The summed E-state index contributed by atoms with van der Waals surface area (Å²) in [7, 11) is 1.62. The van der Waals surface area contributed by atoms with Crippen molar-refractivity contribution in [1.82, 2.24) is 9.80 Å². The second kappa shape index (κ2) is 6.68. The van der Waals surface area contributed by atoms with Gasteiger partial charge in [-0.1, -0.05) is 19.1 Å². The number of likely N-dealkylation sites (N-methyl/N-ethyl adjacent to an activating group) is 1. The monoisotopic (exact) mass is 271 g/mol. The number of amides is 2. The zero-order valence-electron chi connectivity index (χ0n) is 11.0. The molecule has 2 amide bonds. The molecule has 1 unspecified atom stereocenters. The highest BCUT2D eigenvalue weighted by molar-refractivity contribution is 7.80. The summed E-state index contributed by atoms with van der Waals surface area (Å²) in [6.45, 7) is 3.57. The SMILES string of the molecule is CCC(C(=O)N(C)CC(=O)N1CCCC1)C(N)=S. The second-order valence-corrected chi connectivity index (χ2v) is 5.12. The first-order chi connectivity index (χ1) is 8.47. The van der Waals surface area contributed by atoms with Gasteiger partial charge < -0.3 is 15.5 Å². The van der Waals surface area contributed by atoms with Crippen LogP contribution in [0.4, 0.5) is 0 Å². The Balaban J connectivity index is 2.53. The highest BCUT2D eigenvalue weighted by Crippen LogP contribution is 2.10. The minimum Gasteiger partial charge on any atom is -0.393 e. The van der Waals surface area contributed by atoms with Crippen molar-refractivity contribution < 1.29 is 9.59 Å². The molecule has 18 heavy (non-hydrogen) atoms. The Morgan fingerprint density at radius 1 is 1.39 bits per heavy atom. The topological polar surface area (TPSA) is 66.6 Å². The fourth-order valence-electron chi connectivity index (χ4n) is 2.11. The molecule has 0 radical (unpaired) electrons. The van der Waals surface area contributed by atoms with Crippen LogP contribution in [0, 0.1) is 5.92 Å². The standard InChI is InChI=1S/C12H21N3O2S/c1-3-9(11(13)18)12(17)14(2)8-10(16)15-6-4-5-7-15/h9H,3-8H2,1-2H3,(H2,13,18). The van der Waals surface area contributed by atoms with E-state index in [0.717, 1.165) is 25.9 Å². The molecule has 0 aromatic heterocycles. The molecule has 1 saturated heterocycles. The average Bonchev–Trinajstić information content (AvgIpc) is 2.82. The van der Waals surface area contributed by atoms with Crippen molar-refractivity contribution >= 4 is 29.0 Å². The summed E-state index contributed by atoms with van der Waals surface area (Å²) in [6, 6.07) is 0. The Labute approximate surface area is 113 Å². The molecular formula is C12H21N3O2S. The summed E-state index contributed by atoms with van der Waals surface area (Å²) < 4.78 is 0. The summed E-state index contributed by atoms with van der Waals surface area (Å²) in [5.74, 6) is -0.630. The van der Waals surface area contributed by atoms with Crippen LogP contribution in [0.25, 0.3) is 0 Å². The van der Waals surface area contributed by atoms with Crippen LogP contribution in [0.15, 0.2) is 0 Å². The fourth-order valence-corrected chi connectivity index (χ4v) is 2.38. The lowest BCUT2D eigenvalue weighted by molar-refractivity contribution is -0.140. The highest BCUT2D eigenvalue weighted by atomic mass is 32.1. The molecule has 0 aromatic carbocycles. The fraction of sp³-hybridized carbons (Fsp3) is 0.750. The number of carbonyl (C=O) groups is 2. The third-order valence-electron chi connectivity index (χ3n) is 3.26. The number of carbonyl (C=O) groups excluding carboxylic acids is 2.